The lowest BCUT2D eigenvalue weighted by atomic mass is 10.2. The maximum atomic E-state index is 8.14. The van der Waals surface area contributed by atoms with Crippen molar-refractivity contribution >= 4 is 22.1 Å². The van der Waals surface area contributed by atoms with Crippen molar-refractivity contribution in [3.63, 3.8) is 0 Å². The molecule has 1 aromatic rings. The summed E-state index contributed by atoms with van der Waals surface area (Å²) in [5, 5.41) is 11.1. The second-order valence-electron chi connectivity index (χ2n) is 2.13. The quantitative estimate of drug-likeness (QED) is 0.457. The van der Waals surface area contributed by atoms with Crippen molar-refractivity contribution < 1.29 is 5.21 Å². The van der Waals surface area contributed by atoms with Crippen molar-refractivity contribution in [3.05, 3.63) is 34.3 Å². The van der Waals surface area contributed by atoms with Gasteiger partial charge in [0.25, 0.3) is 0 Å². The second kappa shape index (κ2) is 4.13. The molecule has 11 heavy (non-hydrogen) atoms. The summed E-state index contributed by atoms with van der Waals surface area (Å²) in [5.74, 6) is 0. The molecule has 0 aliphatic heterocycles. The Morgan fingerprint density at radius 2 is 2.00 bits per heavy atom. The highest BCUT2D eigenvalue weighted by Gasteiger charge is 1.88. The van der Waals surface area contributed by atoms with E-state index >= 15 is 0 Å². The standard InChI is InChI=1S/C8H8BrNO/c9-8-3-1-7(2-4-8)5-6-10-11/h1-4,6,11H,5H2/b10-6+. The highest BCUT2D eigenvalue weighted by Crippen LogP contribution is 2.10. The minimum absolute atomic E-state index is 0.670. The van der Waals surface area contributed by atoms with E-state index in [-0.39, 0.29) is 0 Å². The third kappa shape index (κ3) is 2.72. The number of benzene rings is 1. The van der Waals surface area contributed by atoms with Crippen LogP contribution in [0, 0.1) is 0 Å². The van der Waals surface area contributed by atoms with Crippen LogP contribution in [0.2, 0.25) is 0 Å². The number of oxime groups is 1. The Morgan fingerprint density at radius 1 is 1.36 bits per heavy atom. The molecular weight excluding hydrogens is 206 g/mol. The fraction of sp³-hybridized carbons (Fsp3) is 0.125. The van der Waals surface area contributed by atoms with Gasteiger partial charge in [0.05, 0.1) is 0 Å². The lowest BCUT2D eigenvalue weighted by Crippen LogP contribution is -1.84. The summed E-state index contributed by atoms with van der Waals surface area (Å²) in [4.78, 5) is 0. The Hall–Kier alpha value is -0.830. The number of nitrogens with zero attached hydrogens (tertiary/aromatic N) is 1. The van der Waals surface area contributed by atoms with E-state index in [0.717, 1.165) is 10.0 Å². The second-order valence-corrected chi connectivity index (χ2v) is 3.04. The van der Waals surface area contributed by atoms with Crippen LogP contribution in [0.25, 0.3) is 0 Å². The molecule has 1 aromatic carbocycles. The molecule has 1 N–H and O–H groups in total. The molecule has 0 fully saturated rings. The van der Waals surface area contributed by atoms with Gasteiger partial charge in [0, 0.05) is 17.1 Å². The lowest BCUT2D eigenvalue weighted by Gasteiger charge is -1.94. The normalized spacial score (nSPS) is 10.6. The highest BCUT2D eigenvalue weighted by atomic mass is 79.9. The predicted octanol–water partition coefficient (Wildman–Crippen LogP) is 2.45. The van der Waals surface area contributed by atoms with E-state index < -0.39 is 0 Å². The third-order valence-corrected chi connectivity index (χ3v) is 1.85. The average Bonchev–Trinajstić information content (AvgIpc) is 2.04. The molecule has 1 rings (SSSR count). The molecular formula is C8H8BrNO. The van der Waals surface area contributed by atoms with Crippen LogP contribution < -0.4 is 0 Å². The van der Waals surface area contributed by atoms with E-state index in [1.54, 1.807) is 0 Å². The maximum absolute atomic E-state index is 8.14. The first-order valence-corrected chi connectivity index (χ1v) is 4.02. The number of rotatable bonds is 2. The maximum Gasteiger partial charge on any atom is 0.0479 e. The molecule has 0 bridgehead atoms. The summed E-state index contributed by atoms with van der Waals surface area (Å²) < 4.78 is 1.06. The van der Waals surface area contributed by atoms with Gasteiger partial charge in [-0.05, 0) is 17.7 Å². The zero-order chi connectivity index (χ0) is 8.10. The topological polar surface area (TPSA) is 32.6 Å². The molecule has 0 heterocycles. The number of hydrogen-bond donors (Lipinski definition) is 1. The Labute approximate surface area is 73.7 Å². The van der Waals surface area contributed by atoms with E-state index in [0.29, 0.717) is 6.42 Å². The Morgan fingerprint density at radius 3 is 2.55 bits per heavy atom. The van der Waals surface area contributed by atoms with Crippen LogP contribution in [0.1, 0.15) is 5.56 Å². The van der Waals surface area contributed by atoms with Crippen molar-refractivity contribution in [1.82, 2.24) is 0 Å². The molecule has 0 aromatic heterocycles. The average molecular weight is 214 g/mol. The Kier molecular flexibility index (Phi) is 3.11. The van der Waals surface area contributed by atoms with Gasteiger partial charge in [-0.1, -0.05) is 28.1 Å². The van der Waals surface area contributed by atoms with Gasteiger partial charge in [-0.3, -0.25) is 0 Å². The molecule has 0 amide bonds. The van der Waals surface area contributed by atoms with Crippen LogP contribution in [-0.4, -0.2) is 11.4 Å². The van der Waals surface area contributed by atoms with Gasteiger partial charge in [0.2, 0.25) is 0 Å². The van der Waals surface area contributed by atoms with Gasteiger partial charge in [-0.2, -0.15) is 0 Å². The fourth-order valence-electron chi connectivity index (χ4n) is 0.767. The molecule has 0 radical (unpaired) electrons. The Bertz CT molecular complexity index is 243. The van der Waals surface area contributed by atoms with E-state index in [1.165, 1.54) is 6.21 Å². The molecule has 3 heteroatoms. The zero-order valence-corrected chi connectivity index (χ0v) is 7.45. The van der Waals surface area contributed by atoms with Crippen molar-refractivity contribution in [1.29, 1.82) is 0 Å². The highest BCUT2D eigenvalue weighted by molar-refractivity contribution is 9.10. The van der Waals surface area contributed by atoms with Crippen molar-refractivity contribution in [3.8, 4) is 0 Å². The summed E-state index contributed by atoms with van der Waals surface area (Å²) >= 11 is 3.33. The van der Waals surface area contributed by atoms with Gasteiger partial charge in [-0.15, -0.1) is 5.16 Å². The van der Waals surface area contributed by atoms with E-state index in [9.17, 15) is 0 Å². The number of halogens is 1. The first-order valence-electron chi connectivity index (χ1n) is 3.23. The molecule has 0 atom stereocenters. The summed E-state index contributed by atoms with van der Waals surface area (Å²) in [6.45, 7) is 0. The van der Waals surface area contributed by atoms with Gasteiger partial charge >= 0.3 is 0 Å². The van der Waals surface area contributed by atoms with Gasteiger partial charge in [0.15, 0.2) is 0 Å². The molecule has 0 unspecified atom stereocenters. The van der Waals surface area contributed by atoms with Crippen LogP contribution in [-0.2, 0) is 6.42 Å². The first-order chi connectivity index (χ1) is 5.33. The molecule has 58 valence electrons. The molecule has 0 aliphatic carbocycles. The van der Waals surface area contributed by atoms with Crippen LogP contribution in [0.15, 0.2) is 33.9 Å². The first kappa shape index (κ1) is 8.27. The number of hydrogen-bond acceptors (Lipinski definition) is 2. The van der Waals surface area contributed by atoms with Crippen molar-refractivity contribution in [2.45, 2.75) is 6.42 Å². The van der Waals surface area contributed by atoms with Crippen molar-refractivity contribution in [2.24, 2.45) is 5.16 Å². The largest absolute Gasteiger partial charge is 0.411 e. The van der Waals surface area contributed by atoms with Crippen LogP contribution in [0.5, 0.6) is 0 Å². The third-order valence-electron chi connectivity index (χ3n) is 1.32. The van der Waals surface area contributed by atoms with Gasteiger partial charge in [-0.25, -0.2) is 0 Å². The zero-order valence-electron chi connectivity index (χ0n) is 5.87. The smallest absolute Gasteiger partial charge is 0.0479 e. The fourth-order valence-corrected chi connectivity index (χ4v) is 1.03. The Balaban J connectivity index is 2.66. The predicted molar refractivity (Wildman–Crippen MR) is 48.1 cm³/mol. The van der Waals surface area contributed by atoms with E-state index in [1.807, 2.05) is 24.3 Å². The lowest BCUT2D eigenvalue weighted by molar-refractivity contribution is 0.321. The summed E-state index contributed by atoms with van der Waals surface area (Å²) in [6.07, 6.45) is 2.13. The SMILES string of the molecule is O/N=C/Cc1ccc(Br)cc1. The van der Waals surface area contributed by atoms with Crippen LogP contribution in [0.3, 0.4) is 0 Å². The summed E-state index contributed by atoms with van der Waals surface area (Å²) in [7, 11) is 0. The summed E-state index contributed by atoms with van der Waals surface area (Å²) in [6, 6.07) is 7.87. The molecule has 0 saturated heterocycles. The summed E-state index contributed by atoms with van der Waals surface area (Å²) in [5.41, 5.74) is 1.13. The minimum atomic E-state index is 0.670. The molecule has 0 spiro atoms. The molecule has 2 nitrogen and oxygen atoms in total. The van der Waals surface area contributed by atoms with Crippen LogP contribution in [0.4, 0.5) is 0 Å². The van der Waals surface area contributed by atoms with Crippen LogP contribution >= 0.6 is 15.9 Å². The monoisotopic (exact) mass is 213 g/mol. The molecule has 0 aliphatic rings. The molecule has 0 saturated carbocycles. The van der Waals surface area contributed by atoms with Crippen molar-refractivity contribution in [2.75, 3.05) is 0 Å². The van der Waals surface area contributed by atoms with Gasteiger partial charge < -0.3 is 5.21 Å². The van der Waals surface area contributed by atoms with E-state index in [2.05, 4.69) is 21.1 Å². The van der Waals surface area contributed by atoms with E-state index in [4.69, 9.17) is 5.21 Å². The van der Waals surface area contributed by atoms with Gasteiger partial charge in [0.1, 0.15) is 0 Å². The minimum Gasteiger partial charge on any atom is -0.411 e.